The minimum atomic E-state index is -4.68. The van der Waals surface area contributed by atoms with Crippen molar-refractivity contribution >= 4 is 5.78 Å². The van der Waals surface area contributed by atoms with E-state index < -0.39 is 17.6 Å². The van der Waals surface area contributed by atoms with Gasteiger partial charge in [0.2, 0.25) is 0 Å². The number of fused-ring (bicyclic) bond motifs is 1. The Morgan fingerprint density at radius 3 is 2.79 bits per heavy atom. The molecule has 0 bridgehead atoms. The minimum Gasteiger partial charge on any atom is -0.298 e. The van der Waals surface area contributed by atoms with E-state index in [2.05, 4.69) is 20.0 Å². The Morgan fingerprint density at radius 1 is 1.21 bits per heavy atom. The lowest BCUT2D eigenvalue weighted by Crippen LogP contribution is -2.34. The summed E-state index contributed by atoms with van der Waals surface area (Å²) >= 11 is 0. The molecular weight excluding hydrogens is 374 g/mol. The van der Waals surface area contributed by atoms with Gasteiger partial charge in [0.1, 0.15) is 12.1 Å². The minimum absolute atomic E-state index is 0.193. The molecule has 0 spiro atoms. The molecule has 1 aromatic carbocycles. The Hall–Kier alpha value is -2.55. The molecule has 1 aliphatic rings. The van der Waals surface area contributed by atoms with E-state index in [1.807, 2.05) is 13.0 Å². The average molecular weight is 393 g/mol. The van der Waals surface area contributed by atoms with Crippen LogP contribution < -0.4 is 0 Å². The van der Waals surface area contributed by atoms with Crippen LogP contribution in [0.2, 0.25) is 0 Å². The van der Waals surface area contributed by atoms with Gasteiger partial charge in [-0.3, -0.25) is 4.90 Å². The van der Waals surface area contributed by atoms with Crippen LogP contribution in [0.3, 0.4) is 0 Å². The maximum absolute atomic E-state index is 13.9. The van der Waals surface area contributed by atoms with Crippen molar-refractivity contribution in [2.75, 3.05) is 13.1 Å². The van der Waals surface area contributed by atoms with E-state index in [0.717, 1.165) is 42.9 Å². The zero-order valence-corrected chi connectivity index (χ0v) is 15.2. The highest BCUT2D eigenvalue weighted by Gasteiger charge is 2.34. The van der Waals surface area contributed by atoms with Gasteiger partial charge >= 0.3 is 6.18 Å². The van der Waals surface area contributed by atoms with Crippen molar-refractivity contribution < 1.29 is 17.6 Å². The third kappa shape index (κ3) is 3.71. The van der Waals surface area contributed by atoms with E-state index in [4.69, 9.17) is 0 Å². The second kappa shape index (κ2) is 7.12. The predicted molar refractivity (Wildman–Crippen MR) is 94.2 cm³/mol. The van der Waals surface area contributed by atoms with Crippen LogP contribution in [0.15, 0.2) is 30.6 Å². The first kappa shape index (κ1) is 18.8. The fourth-order valence-corrected chi connectivity index (χ4v) is 3.84. The summed E-state index contributed by atoms with van der Waals surface area (Å²) in [5.41, 5.74) is 1.18. The highest BCUT2D eigenvalue weighted by molar-refractivity contribution is 5.32. The molecule has 0 amide bonds. The number of likely N-dealkylation sites (tertiary alicyclic amines) is 1. The maximum atomic E-state index is 13.9. The SMILES string of the molecule is Cc1cc([C@H]2CCCN(Cc3ccc(C(F)(F)F)c(F)c3)C2)n2ncnc2n1. The van der Waals surface area contributed by atoms with Crippen molar-refractivity contribution in [3.05, 3.63) is 58.9 Å². The molecule has 9 heteroatoms. The summed E-state index contributed by atoms with van der Waals surface area (Å²) in [6.07, 6.45) is -1.31. The van der Waals surface area contributed by atoms with Gasteiger partial charge in [-0.1, -0.05) is 6.07 Å². The van der Waals surface area contributed by atoms with Crippen LogP contribution in [0.1, 0.15) is 41.3 Å². The number of aromatic nitrogens is 4. The lowest BCUT2D eigenvalue weighted by molar-refractivity contribution is -0.140. The van der Waals surface area contributed by atoms with Gasteiger partial charge in [0.25, 0.3) is 5.78 Å². The van der Waals surface area contributed by atoms with Crippen molar-refractivity contribution in [2.45, 2.75) is 38.4 Å². The number of aryl methyl sites for hydroxylation is 1. The van der Waals surface area contributed by atoms with Crippen LogP contribution >= 0.6 is 0 Å². The van der Waals surface area contributed by atoms with Crippen LogP contribution in [0.25, 0.3) is 5.78 Å². The van der Waals surface area contributed by atoms with Crippen molar-refractivity contribution in [1.82, 2.24) is 24.5 Å². The van der Waals surface area contributed by atoms with E-state index in [9.17, 15) is 17.6 Å². The second-order valence-electron chi connectivity index (χ2n) is 7.18. The molecule has 4 rings (SSSR count). The Bertz CT molecular complexity index is 998. The predicted octanol–water partition coefficient (Wildman–Crippen LogP) is 3.97. The first-order valence-corrected chi connectivity index (χ1v) is 9.06. The van der Waals surface area contributed by atoms with Crippen LogP contribution in [0.4, 0.5) is 17.6 Å². The van der Waals surface area contributed by atoms with Gasteiger partial charge in [-0.2, -0.15) is 23.3 Å². The standard InChI is InChI=1S/C19H19F4N5/c1-12-7-17(28-18(26-12)24-11-25-28)14-3-2-6-27(10-14)9-13-4-5-15(16(20)8-13)19(21,22)23/h4-5,7-8,11,14H,2-3,6,9-10H2,1H3/t14-/m0/s1. The van der Waals surface area contributed by atoms with Gasteiger partial charge in [-0.05, 0) is 50.1 Å². The molecule has 28 heavy (non-hydrogen) atoms. The zero-order chi connectivity index (χ0) is 19.9. The third-order valence-corrected chi connectivity index (χ3v) is 5.08. The van der Waals surface area contributed by atoms with Crippen molar-refractivity contribution in [2.24, 2.45) is 0 Å². The van der Waals surface area contributed by atoms with Gasteiger partial charge in [0.05, 0.1) is 11.3 Å². The lowest BCUT2D eigenvalue weighted by Gasteiger charge is -2.33. The summed E-state index contributed by atoms with van der Waals surface area (Å²) in [7, 11) is 0. The van der Waals surface area contributed by atoms with Crippen LogP contribution in [-0.4, -0.2) is 37.6 Å². The molecule has 0 aliphatic carbocycles. The topological polar surface area (TPSA) is 46.3 Å². The summed E-state index contributed by atoms with van der Waals surface area (Å²) in [6, 6.07) is 5.14. The summed E-state index contributed by atoms with van der Waals surface area (Å²) in [5.74, 6) is -0.483. The third-order valence-electron chi connectivity index (χ3n) is 5.08. The van der Waals surface area contributed by atoms with Crippen LogP contribution in [0.5, 0.6) is 0 Å². The van der Waals surface area contributed by atoms with Crippen molar-refractivity contribution in [1.29, 1.82) is 0 Å². The fourth-order valence-electron chi connectivity index (χ4n) is 3.84. The molecule has 1 saturated heterocycles. The smallest absolute Gasteiger partial charge is 0.298 e. The van der Waals surface area contributed by atoms with Gasteiger partial charge < -0.3 is 0 Å². The molecule has 0 saturated carbocycles. The van der Waals surface area contributed by atoms with Gasteiger partial charge in [0.15, 0.2) is 0 Å². The Kier molecular flexibility index (Phi) is 4.78. The van der Waals surface area contributed by atoms with Crippen molar-refractivity contribution in [3.8, 4) is 0 Å². The van der Waals surface area contributed by atoms with E-state index in [0.29, 0.717) is 24.4 Å². The number of benzene rings is 1. The second-order valence-corrected chi connectivity index (χ2v) is 7.18. The summed E-state index contributed by atoms with van der Waals surface area (Å²) in [6.45, 7) is 3.82. The van der Waals surface area contributed by atoms with E-state index >= 15 is 0 Å². The normalized spacial score (nSPS) is 18.7. The first-order chi connectivity index (χ1) is 13.3. The number of hydrogen-bond acceptors (Lipinski definition) is 4. The number of alkyl halides is 3. The zero-order valence-electron chi connectivity index (χ0n) is 15.2. The Balaban J connectivity index is 1.53. The first-order valence-electron chi connectivity index (χ1n) is 9.06. The number of halogens is 4. The molecule has 0 unspecified atom stereocenters. The summed E-state index contributed by atoms with van der Waals surface area (Å²) in [4.78, 5) is 10.6. The molecular formula is C19H19F4N5. The molecule has 0 radical (unpaired) electrons. The molecule has 3 heterocycles. The molecule has 1 fully saturated rings. The molecule has 2 aromatic heterocycles. The summed E-state index contributed by atoms with van der Waals surface area (Å²) in [5, 5.41) is 4.26. The molecule has 3 aromatic rings. The van der Waals surface area contributed by atoms with Gasteiger partial charge in [-0.15, -0.1) is 0 Å². The van der Waals surface area contributed by atoms with Crippen LogP contribution in [-0.2, 0) is 12.7 Å². The fraction of sp³-hybridized carbons (Fsp3) is 0.421. The van der Waals surface area contributed by atoms with Gasteiger partial charge in [-0.25, -0.2) is 13.9 Å². The Morgan fingerprint density at radius 2 is 2.04 bits per heavy atom. The monoisotopic (exact) mass is 393 g/mol. The van der Waals surface area contributed by atoms with Crippen molar-refractivity contribution in [3.63, 3.8) is 0 Å². The van der Waals surface area contributed by atoms with E-state index in [-0.39, 0.29) is 5.92 Å². The quantitative estimate of drug-likeness (QED) is 0.632. The molecule has 1 aliphatic heterocycles. The lowest BCUT2D eigenvalue weighted by atomic mass is 9.93. The summed E-state index contributed by atoms with van der Waals surface area (Å²) < 4.78 is 53.8. The number of rotatable bonds is 3. The number of hydrogen-bond donors (Lipinski definition) is 0. The number of piperidine rings is 1. The molecule has 1 atom stereocenters. The molecule has 148 valence electrons. The number of nitrogens with zero attached hydrogens (tertiary/aromatic N) is 5. The maximum Gasteiger partial charge on any atom is 0.419 e. The Labute approximate surface area is 159 Å². The highest BCUT2D eigenvalue weighted by Crippen LogP contribution is 2.32. The average Bonchev–Trinajstić information content (AvgIpc) is 3.08. The molecule has 0 N–H and O–H groups in total. The van der Waals surface area contributed by atoms with E-state index in [1.165, 1.54) is 12.4 Å². The highest BCUT2D eigenvalue weighted by atomic mass is 19.4. The molecule has 5 nitrogen and oxygen atoms in total. The largest absolute Gasteiger partial charge is 0.419 e. The van der Waals surface area contributed by atoms with Gasteiger partial charge in [0, 0.05) is 24.7 Å². The van der Waals surface area contributed by atoms with Crippen LogP contribution in [0, 0.1) is 12.7 Å². The van der Waals surface area contributed by atoms with E-state index in [1.54, 1.807) is 4.52 Å².